The molecular formula is C28H60N2O4. The summed E-state index contributed by atoms with van der Waals surface area (Å²) < 4.78 is 5.42. The molecule has 0 aromatic rings. The Morgan fingerprint density at radius 2 is 0.941 bits per heavy atom. The van der Waals surface area contributed by atoms with Crippen LogP contribution in [0.3, 0.4) is 0 Å². The zero-order valence-corrected chi connectivity index (χ0v) is 22.9. The first-order chi connectivity index (χ1) is 15.6. The predicted molar refractivity (Wildman–Crippen MR) is 145 cm³/mol. The lowest BCUT2D eigenvalue weighted by atomic mass is 9.97. The Morgan fingerprint density at radius 3 is 1.32 bits per heavy atom. The molecule has 34 heavy (non-hydrogen) atoms. The molecule has 206 valence electrons. The van der Waals surface area contributed by atoms with Crippen molar-refractivity contribution in [3.8, 4) is 0 Å². The van der Waals surface area contributed by atoms with Gasteiger partial charge in [0.2, 0.25) is 0 Å². The normalized spacial score (nSPS) is 11.4. The second-order valence-corrected chi connectivity index (χ2v) is 9.61. The number of carbonyl (C=O) groups is 2. The van der Waals surface area contributed by atoms with Gasteiger partial charge in [-0.25, -0.2) is 0 Å². The van der Waals surface area contributed by atoms with Crippen LogP contribution in [0.5, 0.6) is 0 Å². The number of carboxylic acid groups (broad SMARTS) is 1. The molecule has 6 nitrogen and oxygen atoms in total. The van der Waals surface area contributed by atoms with E-state index in [1.165, 1.54) is 103 Å². The molecule has 0 fully saturated rings. The molecule has 0 aliphatic rings. The highest BCUT2D eigenvalue weighted by Gasteiger charge is 2.22. The molecule has 0 heterocycles. The standard InChI is InChI=1S/C28H54O4.2H3N/c1-3-5-7-9-11-13-15-17-19-21-23-26(25-27(29)30)28(31)32-24-22-20-18-16-14-12-10-8-6-4-2;;/h26H,3-25H2,1-2H3,(H,29,30);2*1H3. The Morgan fingerprint density at radius 1 is 0.588 bits per heavy atom. The Kier molecular flexibility index (Phi) is 32.9. The van der Waals surface area contributed by atoms with Gasteiger partial charge in [0.05, 0.1) is 18.9 Å². The van der Waals surface area contributed by atoms with Crippen molar-refractivity contribution in [3.05, 3.63) is 0 Å². The smallest absolute Gasteiger partial charge is 0.309 e. The first kappa shape index (κ1) is 37.4. The lowest BCUT2D eigenvalue weighted by Gasteiger charge is -2.14. The molecule has 0 aliphatic heterocycles. The van der Waals surface area contributed by atoms with Crippen LogP contribution in [-0.4, -0.2) is 23.7 Å². The fraction of sp³-hybridized carbons (Fsp3) is 0.929. The highest BCUT2D eigenvalue weighted by Crippen LogP contribution is 2.18. The fourth-order valence-corrected chi connectivity index (χ4v) is 4.27. The van der Waals surface area contributed by atoms with E-state index in [0.29, 0.717) is 13.0 Å². The minimum atomic E-state index is -0.905. The third-order valence-corrected chi connectivity index (χ3v) is 6.40. The van der Waals surface area contributed by atoms with Gasteiger partial charge in [-0.15, -0.1) is 0 Å². The molecule has 1 atom stereocenters. The van der Waals surface area contributed by atoms with E-state index >= 15 is 0 Å². The highest BCUT2D eigenvalue weighted by atomic mass is 16.5. The van der Waals surface area contributed by atoms with Crippen LogP contribution in [0.4, 0.5) is 0 Å². The maximum atomic E-state index is 12.3. The second kappa shape index (κ2) is 29.9. The van der Waals surface area contributed by atoms with Crippen molar-refractivity contribution in [1.29, 1.82) is 0 Å². The van der Waals surface area contributed by atoms with E-state index in [2.05, 4.69) is 13.8 Å². The zero-order valence-electron chi connectivity index (χ0n) is 22.9. The maximum absolute atomic E-state index is 12.3. The molecule has 6 heteroatoms. The summed E-state index contributed by atoms with van der Waals surface area (Å²) in [7, 11) is 0. The molecule has 7 N–H and O–H groups in total. The number of hydrogen-bond acceptors (Lipinski definition) is 5. The average Bonchev–Trinajstić information content (AvgIpc) is 2.77. The van der Waals surface area contributed by atoms with Gasteiger partial charge in [-0.1, -0.05) is 136 Å². The highest BCUT2D eigenvalue weighted by molar-refractivity contribution is 5.79. The summed E-state index contributed by atoms with van der Waals surface area (Å²) in [5.41, 5.74) is 0. The second-order valence-electron chi connectivity index (χ2n) is 9.61. The summed E-state index contributed by atoms with van der Waals surface area (Å²) in [6.45, 7) is 4.92. The number of carbonyl (C=O) groups excluding carboxylic acids is 1. The summed E-state index contributed by atoms with van der Waals surface area (Å²) in [4.78, 5) is 23.5. The topological polar surface area (TPSA) is 134 Å². The third-order valence-electron chi connectivity index (χ3n) is 6.40. The summed E-state index contributed by atoms with van der Waals surface area (Å²) in [5, 5.41) is 9.15. The van der Waals surface area contributed by atoms with Gasteiger partial charge in [0.25, 0.3) is 0 Å². The number of hydrogen-bond donors (Lipinski definition) is 3. The number of ether oxygens (including phenoxy) is 1. The van der Waals surface area contributed by atoms with Crippen LogP contribution in [0.2, 0.25) is 0 Å². The summed E-state index contributed by atoms with van der Waals surface area (Å²) in [6, 6.07) is 0. The van der Waals surface area contributed by atoms with Gasteiger partial charge in [0, 0.05) is 0 Å². The van der Waals surface area contributed by atoms with Gasteiger partial charge >= 0.3 is 11.9 Å². The number of rotatable bonds is 25. The van der Waals surface area contributed by atoms with E-state index in [4.69, 9.17) is 9.84 Å². The lowest BCUT2D eigenvalue weighted by Crippen LogP contribution is -2.21. The fourth-order valence-electron chi connectivity index (χ4n) is 4.27. The van der Waals surface area contributed by atoms with Crippen LogP contribution < -0.4 is 12.3 Å². The molecule has 0 spiro atoms. The zero-order chi connectivity index (χ0) is 23.7. The first-order valence-corrected chi connectivity index (χ1v) is 14.0. The molecular weight excluding hydrogens is 428 g/mol. The Labute approximate surface area is 211 Å². The molecule has 0 aromatic heterocycles. The van der Waals surface area contributed by atoms with E-state index in [9.17, 15) is 9.59 Å². The molecule has 0 bridgehead atoms. The van der Waals surface area contributed by atoms with Gasteiger partial charge < -0.3 is 22.1 Å². The van der Waals surface area contributed by atoms with Crippen molar-refractivity contribution in [2.45, 2.75) is 155 Å². The molecule has 0 saturated carbocycles. The molecule has 1 unspecified atom stereocenters. The van der Waals surface area contributed by atoms with Gasteiger partial charge in [-0.3, -0.25) is 9.59 Å². The van der Waals surface area contributed by atoms with Crippen LogP contribution in [0.15, 0.2) is 0 Å². The largest absolute Gasteiger partial charge is 0.481 e. The minimum Gasteiger partial charge on any atom is -0.481 e. The molecule has 0 aromatic carbocycles. The minimum absolute atomic E-state index is 0. The van der Waals surface area contributed by atoms with Crippen molar-refractivity contribution >= 4 is 11.9 Å². The van der Waals surface area contributed by atoms with E-state index in [-0.39, 0.29) is 24.7 Å². The lowest BCUT2D eigenvalue weighted by molar-refractivity contribution is -0.153. The first-order valence-electron chi connectivity index (χ1n) is 14.0. The van der Waals surface area contributed by atoms with Gasteiger partial charge in [0.15, 0.2) is 0 Å². The number of aliphatic carboxylic acids is 1. The van der Waals surface area contributed by atoms with Crippen LogP contribution in [0.25, 0.3) is 0 Å². The van der Waals surface area contributed by atoms with Crippen molar-refractivity contribution in [2.24, 2.45) is 5.92 Å². The quantitative estimate of drug-likeness (QED) is 0.0865. The Hall–Kier alpha value is -1.14. The van der Waals surface area contributed by atoms with E-state index in [1.807, 2.05) is 0 Å². The van der Waals surface area contributed by atoms with E-state index < -0.39 is 11.9 Å². The number of unbranched alkanes of at least 4 members (excludes halogenated alkanes) is 18. The summed E-state index contributed by atoms with van der Waals surface area (Å²) in [6.07, 6.45) is 25.4. The third kappa shape index (κ3) is 27.1. The van der Waals surface area contributed by atoms with E-state index in [0.717, 1.165) is 25.7 Å². The van der Waals surface area contributed by atoms with Crippen LogP contribution >= 0.6 is 0 Å². The van der Waals surface area contributed by atoms with Crippen LogP contribution in [0.1, 0.15) is 155 Å². The molecule has 0 amide bonds. The SMILES string of the molecule is CCCCCCCCCCCCOC(=O)C(CCCCCCCCCCCC)CC(=O)O.N.N. The maximum Gasteiger partial charge on any atom is 0.309 e. The molecule has 0 rings (SSSR count). The van der Waals surface area contributed by atoms with Crippen molar-refractivity contribution in [3.63, 3.8) is 0 Å². The van der Waals surface area contributed by atoms with Crippen molar-refractivity contribution in [2.75, 3.05) is 6.61 Å². The van der Waals surface area contributed by atoms with Gasteiger partial charge in [0.1, 0.15) is 0 Å². The summed E-state index contributed by atoms with van der Waals surface area (Å²) >= 11 is 0. The average molecular weight is 489 g/mol. The van der Waals surface area contributed by atoms with Crippen molar-refractivity contribution < 1.29 is 19.4 Å². The predicted octanol–water partition coefficient (Wildman–Crippen LogP) is 9.18. The molecule has 0 saturated heterocycles. The molecule has 0 radical (unpaired) electrons. The van der Waals surface area contributed by atoms with Crippen LogP contribution in [0, 0.1) is 5.92 Å². The Bertz CT molecular complexity index is 433. The van der Waals surface area contributed by atoms with Gasteiger partial charge in [-0.05, 0) is 12.8 Å². The Balaban J connectivity index is -0.00000480. The summed E-state index contributed by atoms with van der Waals surface area (Å²) in [5.74, 6) is -1.69. The monoisotopic (exact) mass is 488 g/mol. The van der Waals surface area contributed by atoms with E-state index in [1.54, 1.807) is 0 Å². The number of esters is 1. The van der Waals surface area contributed by atoms with Crippen molar-refractivity contribution in [1.82, 2.24) is 12.3 Å². The van der Waals surface area contributed by atoms with Crippen LogP contribution in [-0.2, 0) is 14.3 Å². The number of carboxylic acids is 1. The van der Waals surface area contributed by atoms with Gasteiger partial charge in [-0.2, -0.15) is 0 Å². The molecule has 0 aliphatic carbocycles.